The number of aromatic carboxylic acids is 1. The normalized spacial score (nSPS) is 24.1. The molecule has 182 valence electrons. The lowest BCUT2D eigenvalue weighted by Gasteiger charge is -2.32. The van der Waals surface area contributed by atoms with Gasteiger partial charge in [-0.3, -0.25) is 8.51 Å². The standard InChI is InChI=1S/C25H29FN2O5S/c1-2-27-11-3-4-18(27)7-5-15-12-17(26)6-9-21(15)28(34(31)32)22-10-8-19-20-13-16(20)14-33-24(19)23(22)25(29)30/h6,8-10,12,16,18,20H,2-5,7,11,13-14H2,1H3,(H,29,30)(H,31,32)/p-1/t16-,18+,20-/m0/s1. The summed E-state index contributed by atoms with van der Waals surface area (Å²) in [5.41, 5.74) is 1.44. The maximum Gasteiger partial charge on any atom is 0.341 e. The minimum atomic E-state index is -2.83. The molecule has 1 unspecified atom stereocenters. The number of carboxylic acids is 1. The number of carbonyl (C=O) groups is 1. The highest BCUT2D eigenvalue weighted by Gasteiger charge is 2.45. The number of aryl methyl sites for hydroxylation is 1. The number of carboxylic acid groups (broad SMARTS) is 1. The van der Waals surface area contributed by atoms with E-state index in [2.05, 4.69) is 11.8 Å². The molecule has 2 aromatic carbocycles. The van der Waals surface area contributed by atoms with Crippen molar-refractivity contribution >= 4 is 28.6 Å². The highest BCUT2D eigenvalue weighted by molar-refractivity contribution is 7.81. The van der Waals surface area contributed by atoms with Crippen molar-refractivity contribution in [2.75, 3.05) is 24.0 Å². The zero-order valence-corrected chi connectivity index (χ0v) is 19.9. The summed E-state index contributed by atoms with van der Waals surface area (Å²) in [6.45, 7) is 4.52. The van der Waals surface area contributed by atoms with E-state index in [0.717, 1.165) is 48.6 Å². The molecule has 0 amide bonds. The number of anilines is 2. The average molecular weight is 488 g/mol. The first kappa shape index (κ1) is 23.3. The Hall–Kier alpha value is -2.49. The second-order valence-corrected chi connectivity index (χ2v) is 10.1. The molecule has 2 aromatic rings. The molecule has 0 aromatic heterocycles. The predicted molar refractivity (Wildman–Crippen MR) is 126 cm³/mol. The maximum atomic E-state index is 14.2. The summed E-state index contributed by atoms with van der Waals surface area (Å²) in [5, 5.41) is 10.0. The first-order valence-electron chi connectivity index (χ1n) is 11.8. The number of likely N-dealkylation sites (tertiary alicyclic amines) is 1. The van der Waals surface area contributed by atoms with Gasteiger partial charge < -0.3 is 19.3 Å². The van der Waals surface area contributed by atoms with Gasteiger partial charge in [-0.25, -0.2) is 9.18 Å². The van der Waals surface area contributed by atoms with E-state index in [4.69, 9.17) is 4.74 Å². The fourth-order valence-electron chi connectivity index (χ4n) is 5.62. The number of rotatable bonds is 8. The Morgan fingerprint density at radius 2 is 2.12 bits per heavy atom. The van der Waals surface area contributed by atoms with Crippen LogP contribution in [0.3, 0.4) is 0 Å². The first-order chi connectivity index (χ1) is 16.4. The van der Waals surface area contributed by atoms with Crippen LogP contribution in [0, 0.1) is 11.7 Å². The molecule has 3 aliphatic rings. The molecule has 7 nitrogen and oxygen atoms in total. The molecular weight excluding hydrogens is 459 g/mol. The van der Waals surface area contributed by atoms with Gasteiger partial charge in [0.2, 0.25) is 0 Å². The minimum Gasteiger partial charge on any atom is -0.755 e. The first-order valence-corrected chi connectivity index (χ1v) is 12.9. The average Bonchev–Trinajstić information content (AvgIpc) is 3.47. The Morgan fingerprint density at radius 1 is 1.32 bits per heavy atom. The molecule has 1 aliphatic carbocycles. The number of halogens is 1. The molecule has 0 bridgehead atoms. The summed E-state index contributed by atoms with van der Waals surface area (Å²) in [6, 6.07) is 7.63. The number of hydrogen-bond donors (Lipinski definition) is 1. The third-order valence-corrected chi connectivity index (χ3v) is 8.12. The van der Waals surface area contributed by atoms with E-state index < -0.39 is 23.1 Å². The molecule has 0 radical (unpaired) electrons. The summed E-state index contributed by atoms with van der Waals surface area (Å²) in [4.78, 5) is 14.7. The van der Waals surface area contributed by atoms with E-state index in [1.165, 1.54) is 24.3 Å². The summed E-state index contributed by atoms with van der Waals surface area (Å²) >= 11 is -2.83. The SMILES string of the molecule is CCN1CCC[C@@H]1CCc1cc(F)ccc1N(c1ccc2c(c1C(=O)O)OC[C@@H]1C[C@H]21)S(=O)[O-]. The van der Waals surface area contributed by atoms with Crippen LogP contribution in [0.1, 0.15) is 60.0 Å². The Bertz CT molecular complexity index is 1140. The monoisotopic (exact) mass is 487 g/mol. The molecule has 2 aliphatic heterocycles. The molecule has 1 saturated carbocycles. The zero-order valence-electron chi connectivity index (χ0n) is 19.0. The molecule has 34 heavy (non-hydrogen) atoms. The van der Waals surface area contributed by atoms with Gasteiger partial charge in [0.15, 0.2) is 0 Å². The quantitative estimate of drug-likeness (QED) is 0.556. The third-order valence-electron chi connectivity index (χ3n) is 7.42. The number of hydrogen-bond acceptors (Lipinski definition) is 5. The summed E-state index contributed by atoms with van der Waals surface area (Å²) in [5.74, 6) is -0.814. The lowest BCUT2D eigenvalue weighted by atomic mass is 9.98. The van der Waals surface area contributed by atoms with Gasteiger partial charge in [-0.1, -0.05) is 13.0 Å². The highest BCUT2D eigenvalue weighted by atomic mass is 32.2. The fraction of sp³-hybridized carbons (Fsp3) is 0.480. The van der Waals surface area contributed by atoms with E-state index in [1.807, 2.05) is 0 Å². The number of nitrogens with zero attached hydrogens (tertiary/aromatic N) is 2. The van der Waals surface area contributed by atoms with Gasteiger partial charge in [0, 0.05) is 12.0 Å². The van der Waals surface area contributed by atoms with Crippen molar-refractivity contribution in [1.29, 1.82) is 0 Å². The van der Waals surface area contributed by atoms with Crippen LogP contribution < -0.4 is 9.04 Å². The van der Waals surface area contributed by atoms with E-state index in [1.54, 1.807) is 6.07 Å². The van der Waals surface area contributed by atoms with Crippen molar-refractivity contribution in [2.45, 2.75) is 51.0 Å². The molecule has 5 rings (SSSR count). The van der Waals surface area contributed by atoms with Crippen molar-refractivity contribution < 1.29 is 27.8 Å². The number of benzene rings is 2. The van der Waals surface area contributed by atoms with E-state index in [9.17, 15) is 23.1 Å². The molecule has 9 heteroatoms. The van der Waals surface area contributed by atoms with Crippen LogP contribution >= 0.6 is 0 Å². The third kappa shape index (κ3) is 4.21. The summed E-state index contributed by atoms with van der Waals surface area (Å²) in [6.07, 6.45) is 4.37. The van der Waals surface area contributed by atoms with Gasteiger partial charge in [0.1, 0.15) is 17.1 Å². The Balaban J connectivity index is 1.54. The van der Waals surface area contributed by atoms with Crippen LogP contribution in [0.15, 0.2) is 30.3 Å². The van der Waals surface area contributed by atoms with Gasteiger partial charge in [-0.05, 0) is 86.5 Å². The topological polar surface area (TPSA) is 93.1 Å². The van der Waals surface area contributed by atoms with Gasteiger partial charge in [-0.15, -0.1) is 0 Å². The number of fused-ring (bicyclic) bond motifs is 3. The highest BCUT2D eigenvalue weighted by Crippen LogP contribution is 2.56. The smallest absolute Gasteiger partial charge is 0.341 e. The molecule has 1 saturated heterocycles. The van der Waals surface area contributed by atoms with Gasteiger partial charge >= 0.3 is 5.97 Å². The van der Waals surface area contributed by atoms with Crippen molar-refractivity contribution in [3.05, 3.63) is 52.8 Å². The maximum absolute atomic E-state index is 14.2. The Morgan fingerprint density at radius 3 is 2.85 bits per heavy atom. The van der Waals surface area contributed by atoms with Crippen LogP contribution in [0.5, 0.6) is 5.75 Å². The second-order valence-electron chi connectivity index (χ2n) is 9.34. The van der Waals surface area contributed by atoms with Gasteiger partial charge in [0.25, 0.3) is 0 Å². The van der Waals surface area contributed by atoms with E-state index >= 15 is 0 Å². The molecule has 2 fully saturated rings. The molecule has 2 heterocycles. The van der Waals surface area contributed by atoms with Crippen LogP contribution in [0.25, 0.3) is 0 Å². The number of ether oxygens (including phenoxy) is 1. The Labute approximate surface area is 200 Å². The minimum absolute atomic E-state index is 0.00240. The largest absolute Gasteiger partial charge is 0.755 e. The summed E-state index contributed by atoms with van der Waals surface area (Å²) in [7, 11) is 0. The molecule has 4 atom stereocenters. The lowest BCUT2D eigenvalue weighted by molar-refractivity contribution is 0.0692. The van der Waals surface area contributed by atoms with Crippen LogP contribution in [-0.4, -0.2) is 50.5 Å². The fourth-order valence-corrected chi connectivity index (χ4v) is 6.27. The lowest BCUT2D eigenvalue weighted by Crippen LogP contribution is -2.29. The van der Waals surface area contributed by atoms with Crippen LogP contribution in [0.2, 0.25) is 0 Å². The van der Waals surface area contributed by atoms with Crippen molar-refractivity contribution in [1.82, 2.24) is 4.90 Å². The van der Waals surface area contributed by atoms with Crippen molar-refractivity contribution in [3.8, 4) is 5.75 Å². The summed E-state index contributed by atoms with van der Waals surface area (Å²) < 4.78 is 46.0. The van der Waals surface area contributed by atoms with Crippen LogP contribution in [-0.2, 0) is 17.7 Å². The molecule has 1 N–H and O–H groups in total. The van der Waals surface area contributed by atoms with Crippen LogP contribution in [0.4, 0.5) is 15.8 Å². The van der Waals surface area contributed by atoms with Crippen molar-refractivity contribution in [2.24, 2.45) is 5.92 Å². The van der Waals surface area contributed by atoms with Gasteiger partial charge in [0.05, 0.1) is 29.2 Å². The predicted octanol–water partition coefficient (Wildman–Crippen LogP) is 4.37. The van der Waals surface area contributed by atoms with E-state index in [-0.39, 0.29) is 28.6 Å². The zero-order chi connectivity index (χ0) is 24.0. The molecular formula is C25H28FN2O5S-. The van der Waals surface area contributed by atoms with E-state index in [0.29, 0.717) is 30.6 Å². The molecule has 0 spiro atoms. The Kier molecular flexibility index (Phi) is 6.35. The van der Waals surface area contributed by atoms with Gasteiger partial charge in [-0.2, -0.15) is 0 Å². The van der Waals surface area contributed by atoms with Crippen molar-refractivity contribution in [3.63, 3.8) is 0 Å². The second kappa shape index (κ2) is 9.28.